The summed E-state index contributed by atoms with van der Waals surface area (Å²) in [6, 6.07) is 1.57. The highest BCUT2D eigenvalue weighted by Gasteiger charge is 2.25. The van der Waals surface area contributed by atoms with Crippen molar-refractivity contribution in [1.82, 2.24) is 9.29 Å². The third-order valence-corrected chi connectivity index (χ3v) is 5.11. The monoisotopic (exact) mass is 379 g/mol. The van der Waals surface area contributed by atoms with Gasteiger partial charge in [-0.25, -0.2) is 13.4 Å². The molecule has 0 fully saturated rings. The smallest absolute Gasteiger partial charge is 0.246 e. The summed E-state index contributed by atoms with van der Waals surface area (Å²) < 4.78 is 32.4. The Kier molecular flexibility index (Phi) is 7.58. The Morgan fingerprint density at radius 2 is 2.14 bits per heavy atom. The molecule has 1 rings (SSSR count). The summed E-state index contributed by atoms with van der Waals surface area (Å²) in [4.78, 5) is 4.34. The lowest BCUT2D eigenvalue weighted by atomic mass is 10.4. The number of likely N-dealkylation sites (N-methyl/N-ethyl adjacent to an activating group) is 1. The van der Waals surface area contributed by atoms with Gasteiger partial charge in [0, 0.05) is 37.4 Å². The molecule has 0 atom stereocenters. The molecular weight excluding hydrogens is 358 g/mol. The maximum Gasteiger partial charge on any atom is 0.246 e. The molecule has 0 aromatic carbocycles. The average Bonchev–Trinajstić information content (AvgIpc) is 2.46. The lowest BCUT2D eigenvalue weighted by molar-refractivity contribution is 0.138. The topological polar surface area (TPSA) is 71.5 Å². The van der Waals surface area contributed by atoms with E-state index in [4.69, 9.17) is 4.74 Å². The molecule has 6 nitrogen and oxygen atoms in total. The number of pyridine rings is 1. The first-order valence-electron chi connectivity index (χ1n) is 6.87. The van der Waals surface area contributed by atoms with Crippen molar-refractivity contribution in [3.8, 4) is 0 Å². The zero-order valence-corrected chi connectivity index (χ0v) is 15.0. The highest BCUT2D eigenvalue weighted by atomic mass is 79.9. The van der Waals surface area contributed by atoms with E-state index in [9.17, 15) is 8.42 Å². The van der Waals surface area contributed by atoms with Crippen LogP contribution in [0.5, 0.6) is 0 Å². The zero-order valence-electron chi connectivity index (χ0n) is 12.6. The van der Waals surface area contributed by atoms with Crippen molar-refractivity contribution in [3.63, 3.8) is 0 Å². The fourth-order valence-electron chi connectivity index (χ4n) is 1.62. The Balaban J connectivity index is 3.02. The molecule has 0 spiro atoms. The lowest BCUT2D eigenvalue weighted by Crippen LogP contribution is -2.31. The van der Waals surface area contributed by atoms with Gasteiger partial charge in [-0.3, -0.25) is 0 Å². The number of ether oxygens (including phenoxy) is 1. The number of hydrogen-bond acceptors (Lipinski definition) is 5. The highest BCUT2D eigenvalue weighted by Crippen LogP contribution is 2.25. The zero-order chi connectivity index (χ0) is 15.9. The molecule has 0 saturated heterocycles. The summed E-state index contributed by atoms with van der Waals surface area (Å²) >= 11 is 3.27. The summed E-state index contributed by atoms with van der Waals surface area (Å²) in [7, 11) is -2.06. The molecule has 0 radical (unpaired) electrons. The molecule has 0 saturated carbocycles. The lowest BCUT2D eigenvalue weighted by Gasteiger charge is -2.19. The predicted molar refractivity (Wildman–Crippen MR) is 87.0 cm³/mol. The molecule has 0 amide bonds. The van der Waals surface area contributed by atoms with E-state index in [2.05, 4.69) is 26.2 Å². The van der Waals surface area contributed by atoms with Gasteiger partial charge in [-0.05, 0) is 35.3 Å². The Bertz CT molecular complexity index is 552. The van der Waals surface area contributed by atoms with Crippen LogP contribution in [0.3, 0.4) is 0 Å². The van der Waals surface area contributed by atoms with E-state index in [0.29, 0.717) is 36.6 Å². The van der Waals surface area contributed by atoms with Gasteiger partial charge in [0.2, 0.25) is 10.0 Å². The fraction of sp³-hybridized carbons (Fsp3) is 0.615. The largest absolute Gasteiger partial charge is 0.380 e. The minimum atomic E-state index is -3.60. The van der Waals surface area contributed by atoms with Gasteiger partial charge in [-0.2, -0.15) is 4.31 Å². The van der Waals surface area contributed by atoms with Gasteiger partial charge < -0.3 is 10.1 Å². The number of nitrogens with one attached hydrogen (secondary N) is 1. The molecule has 0 aliphatic carbocycles. The van der Waals surface area contributed by atoms with Crippen LogP contribution in [0.2, 0.25) is 0 Å². The molecule has 1 aromatic heterocycles. The SMILES string of the molecule is CCCNc1ncc(Br)cc1S(=O)(=O)N(C)CCOCC. The average molecular weight is 380 g/mol. The molecule has 0 aliphatic rings. The summed E-state index contributed by atoms with van der Waals surface area (Å²) in [6.45, 7) is 5.78. The summed E-state index contributed by atoms with van der Waals surface area (Å²) in [5.41, 5.74) is 0. The van der Waals surface area contributed by atoms with Crippen LogP contribution < -0.4 is 5.32 Å². The molecule has 8 heteroatoms. The van der Waals surface area contributed by atoms with Crippen LogP contribution >= 0.6 is 15.9 Å². The van der Waals surface area contributed by atoms with Crippen LogP contribution in [-0.4, -0.2) is 51.1 Å². The van der Waals surface area contributed by atoms with Gasteiger partial charge in [0.15, 0.2) is 0 Å². The normalized spacial score (nSPS) is 11.9. The van der Waals surface area contributed by atoms with Crippen molar-refractivity contribution in [3.05, 3.63) is 16.7 Å². The maximum absolute atomic E-state index is 12.6. The van der Waals surface area contributed by atoms with Crippen molar-refractivity contribution in [2.24, 2.45) is 0 Å². The molecule has 0 aliphatic heterocycles. The first-order valence-corrected chi connectivity index (χ1v) is 9.10. The third-order valence-electron chi connectivity index (χ3n) is 2.80. The van der Waals surface area contributed by atoms with E-state index in [1.807, 2.05) is 13.8 Å². The highest BCUT2D eigenvalue weighted by molar-refractivity contribution is 9.10. The second-order valence-electron chi connectivity index (χ2n) is 4.45. The van der Waals surface area contributed by atoms with Crippen molar-refractivity contribution in [2.45, 2.75) is 25.2 Å². The van der Waals surface area contributed by atoms with E-state index in [0.717, 1.165) is 6.42 Å². The van der Waals surface area contributed by atoms with Crippen molar-refractivity contribution in [1.29, 1.82) is 0 Å². The van der Waals surface area contributed by atoms with Gasteiger partial charge in [-0.15, -0.1) is 0 Å². The quantitative estimate of drug-likeness (QED) is 0.666. The molecule has 1 N–H and O–H groups in total. The van der Waals surface area contributed by atoms with Gasteiger partial charge in [-0.1, -0.05) is 6.92 Å². The molecule has 1 heterocycles. The molecule has 1 aromatic rings. The predicted octanol–water partition coefficient (Wildman–Crippen LogP) is 2.32. The number of halogens is 1. The second-order valence-corrected chi connectivity index (χ2v) is 7.38. The number of nitrogens with zero attached hydrogens (tertiary/aromatic N) is 2. The number of hydrogen-bond donors (Lipinski definition) is 1. The maximum atomic E-state index is 12.6. The van der Waals surface area contributed by atoms with Crippen molar-refractivity contribution >= 4 is 31.8 Å². The van der Waals surface area contributed by atoms with Gasteiger partial charge in [0.1, 0.15) is 10.7 Å². The Morgan fingerprint density at radius 3 is 2.76 bits per heavy atom. The minimum Gasteiger partial charge on any atom is -0.380 e. The number of aromatic nitrogens is 1. The molecule has 0 unspecified atom stereocenters. The third kappa shape index (κ3) is 5.21. The summed E-state index contributed by atoms with van der Waals surface area (Å²) in [5.74, 6) is 0.378. The van der Waals surface area contributed by atoms with Crippen LogP contribution in [0.4, 0.5) is 5.82 Å². The molecular formula is C13H22BrN3O3S. The van der Waals surface area contributed by atoms with E-state index in [1.54, 1.807) is 19.3 Å². The van der Waals surface area contributed by atoms with Gasteiger partial charge in [0.25, 0.3) is 0 Å². The van der Waals surface area contributed by atoms with Crippen LogP contribution in [0.15, 0.2) is 21.6 Å². The summed E-state index contributed by atoms with van der Waals surface area (Å²) in [6.07, 6.45) is 2.47. The van der Waals surface area contributed by atoms with E-state index >= 15 is 0 Å². The number of anilines is 1. The Morgan fingerprint density at radius 1 is 1.43 bits per heavy atom. The minimum absolute atomic E-state index is 0.171. The van der Waals surface area contributed by atoms with E-state index < -0.39 is 10.0 Å². The van der Waals surface area contributed by atoms with Gasteiger partial charge >= 0.3 is 0 Å². The van der Waals surface area contributed by atoms with Crippen LogP contribution in [0.1, 0.15) is 20.3 Å². The first-order chi connectivity index (χ1) is 9.93. The fourth-order valence-corrected chi connectivity index (χ4v) is 3.40. The van der Waals surface area contributed by atoms with Crippen LogP contribution in [0.25, 0.3) is 0 Å². The first kappa shape index (κ1) is 18.3. The summed E-state index contributed by atoms with van der Waals surface area (Å²) in [5, 5.41) is 3.05. The standard InChI is InChI=1S/C13H22BrN3O3S/c1-4-6-15-13-12(9-11(14)10-16-13)21(18,19)17(3)7-8-20-5-2/h9-10H,4-8H2,1-3H3,(H,15,16). The molecule has 120 valence electrons. The van der Waals surface area contributed by atoms with Crippen LogP contribution in [-0.2, 0) is 14.8 Å². The number of sulfonamides is 1. The van der Waals surface area contributed by atoms with E-state index in [1.165, 1.54) is 4.31 Å². The van der Waals surface area contributed by atoms with Gasteiger partial charge in [0.05, 0.1) is 6.61 Å². The Hall–Kier alpha value is -0.700. The second kappa shape index (κ2) is 8.67. The van der Waals surface area contributed by atoms with E-state index in [-0.39, 0.29) is 4.90 Å². The van der Waals surface area contributed by atoms with Crippen molar-refractivity contribution in [2.75, 3.05) is 38.7 Å². The molecule has 21 heavy (non-hydrogen) atoms. The van der Waals surface area contributed by atoms with Crippen molar-refractivity contribution < 1.29 is 13.2 Å². The Labute approximate surface area is 135 Å². The number of rotatable bonds is 9. The molecule has 0 bridgehead atoms. The van der Waals surface area contributed by atoms with Crippen LogP contribution in [0, 0.1) is 0 Å².